The van der Waals surface area contributed by atoms with Gasteiger partial charge >= 0.3 is 0 Å². The number of hydrogen-bond donors (Lipinski definition) is 3. The number of carbonyl (C=O) groups excluding carboxylic acids is 3. The number of aliphatic hydroxyl groups is 1. The molecule has 0 spiro atoms. The van der Waals surface area contributed by atoms with Crippen LogP contribution in [-0.2, 0) is 25.7 Å². The van der Waals surface area contributed by atoms with Gasteiger partial charge in [-0.15, -0.1) is 11.3 Å². The number of likely N-dealkylation sites (tertiary alicyclic amines) is 1. The van der Waals surface area contributed by atoms with Crippen molar-refractivity contribution in [2.24, 2.45) is 11.3 Å². The van der Waals surface area contributed by atoms with Gasteiger partial charge in [0, 0.05) is 19.5 Å². The van der Waals surface area contributed by atoms with E-state index in [1.54, 1.807) is 11.3 Å². The lowest BCUT2D eigenvalue weighted by atomic mass is 9.85. The maximum Gasteiger partial charge on any atom is 0.246 e. The Bertz CT molecular complexity index is 1110. The zero-order chi connectivity index (χ0) is 26.0. The number of amides is 3. The second kappa shape index (κ2) is 10.7. The van der Waals surface area contributed by atoms with Gasteiger partial charge in [0.25, 0.3) is 0 Å². The van der Waals surface area contributed by atoms with Gasteiger partial charge in [-0.3, -0.25) is 14.4 Å². The molecule has 1 aromatic heterocycles. The summed E-state index contributed by atoms with van der Waals surface area (Å²) in [5.41, 5.74) is 4.22. The molecule has 1 aromatic carbocycles. The molecule has 0 saturated carbocycles. The van der Waals surface area contributed by atoms with E-state index in [4.69, 9.17) is 4.74 Å². The maximum atomic E-state index is 13.6. The third-order valence-electron chi connectivity index (χ3n) is 6.70. The van der Waals surface area contributed by atoms with E-state index in [-0.39, 0.29) is 36.6 Å². The summed E-state index contributed by atoms with van der Waals surface area (Å²) in [4.78, 5) is 46.0. The second-order valence-corrected chi connectivity index (χ2v) is 11.5. The van der Waals surface area contributed by atoms with E-state index in [0.29, 0.717) is 19.8 Å². The molecule has 2 aliphatic rings. The van der Waals surface area contributed by atoms with Gasteiger partial charge in [-0.25, -0.2) is 4.98 Å². The second-order valence-electron chi connectivity index (χ2n) is 10.6. The summed E-state index contributed by atoms with van der Waals surface area (Å²) in [6.45, 7) is 8.61. The van der Waals surface area contributed by atoms with E-state index >= 15 is 0 Å². The fraction of sp³-hybridized carbons (Fsp3) is 0.538. The van der Waals surface area contributed by atoms with Gasteiger partial charge in [-0.2, -0.15) is 0 Å². The number of β-amino-alcohol motifs (C(OH)–C–C–N with tert-alkyl or cyclic N) is 1. The largest absolute Gasteiger partial charge is 0.391 e. The van der Waals surface area contributed by atoms with Crippen molar-refractivity contribution < 1.29 is 24.2 Å². The standard InChI is InChI=1S/C26H34N4O5S/c1-15-21(36-14-28-15)17-7-5-16(6-8-17)10-27-24(33)20-9-19(31)11-30(20)25(34)22(26(2,3)4)29-23(32)18-12-35-13-18/h5-8,14,18-20,22,31H,9-13H2,1-4H3,(H,27,33)(H,29,32)/t19-,20+,22-/m1/s1. The third-order valence-corrected chi connectivity index (χ3v) is 7.68. The molecule has 3 atom stereocenters. The SMILES string of the molecule is Cc1ncsc1-c1ccc(CNC(=O)[C@@H]2C[C@@H](O)CN2C(=O)[C@@H](NC(=O)C2COC2)C(C)(C)C)cc1. The lowest BCUT2D eigenvalue weighted by Crippen LogP contribution is -2.59. The van der Waals surface area contributed by atoms with Gasteiger partial charge in [0.15, 0.2) is 0 Å². The Balaban J connectivity index is 1.41. The predicted octanol–water partition coefficient (Wildman–Crippen LogP) is 1.87. The van der Waals surface area contributed by atoms with Crippen LogP contribution >= 0.6 is 11.3 Å². The van der Waals surface area contributed by atoms with E-state index in [1.807, 2.05) is 57.5 Å². The van der Waals surface area contributed by atoms with E-state index < -0.39 is 23.6 Å². The predicted molar refractivity (Wildman–Crippen MR) is 136 cm³/mol. The highest BCUT2D eigenvalue weighted by Crippen LogP contribution is 2.28. The van der Waals surface area contributed by atoms with Crippen LogP contribution < -0.4 is 10.6 Å². The first-order valence-corrected chi connectivity index (χ1v) is 13.1. The highest BCUT2D eigenvalue weighted by molar-refractivity contribution is 7.13. The van der Waals surface area contributed by atoms with Crippen LogP contribution in [0.5, 0.6) is 0 Å². The minimum absolute atomic E-state index is 0.0504. The molecule has 3 heterocycles. The quantitative estimate of drug-likeness (QED) is 0.519. The molecular formula is C26H34N4O5S. The number of thiazole rings is 1. The summed E-state index contributed by atoms with van der Waals surface area (Å²) in [5, 5.41) is 16.1. The molecular weight excluding hydrogens is 480 g/mol. The van der Waals surface area contributed by atoms with Crippen molar-refractivity contribution in [3.05, 3.63) is 41.0 Å². The molecule has 36 heavy (non-hydrogen) atoms. The first-order chi connectivity index (χ1) is 17.0. The molecule has 4 rings (SSSR count). The number of rotatable bonds is 7. The van der Waals surface area contributed by atoms with E-state index in [9.17, 15) is 19.5 Å². The van der Waals surface area contributed by atoms with Crippen LogP contribution in [-0.4, -0.2) is 70.7 Å². The molecule has 2 fully saturated rings. The van der Waals surface area contributed by atoms with Gasteiger partial charge < -0.3 is 25.4 Å². The Hall–Kier alpha value is -2.82. The highest BCUT2D eigenvalue weighted by Gasteiger charge is 2.45. The summed E-state index contributed by atoms with van der Waals surface area (Å²) in [6.07, 6.45) is -0.648. The molecule has 9 nitrogen and oxygen atoms in total. The minimum atomic E-state index is -0.825. The van der Waals surface area contributed by atoms with E-state index in [0.717, 1.165) is 21.7 Å². The Labute approximate surface area is 215 Å². The summed E-state index contributed by atoms with van der Waals surface area (Å²) in [5.74, 6) is -1.18. The number of aliphatic hydroxyl groups excluding tert-OH is 1. The summed E-state index contributed by atoms with van der Waals surface area (Å²) in [7, 11) is 0. The van der Waals surface area contributed by atoms with Gasteiger partial charge in [-0.05, 0) is 23.5 Å². The Morgan fingerprint density at radius 3 is 2.44 bits per heavy atom. The number of benzene rings is 1. The van der Waals surface area contributed by atoms with Crippen LogP contribution in [0.15, 0.2) is 29.8 Å². The molecule has 0 aliphatic carbocycles. The summed E-state index contributed by atoms with van der Waals surface area (Å²) >= 11 is 1.59. The van der Waals surface area contributed by atoms with Crippen molar-refractivity contribution in [1.29, 1.82) is 0 Å². The zero-order valence-corrected chi connectivity index (χ0v) is 21.9. The van der Waals surface area contributed by atoms with Crippen LogP contribution in [0.2, 0.25) is 0 Å². The van der Waals surface area contributed by atoms with Crippen molar-refractivity contribution in [1.82, 2.24) is 20.5 Å². The molecule has 2 aromatic rings. The molecule has 0 unspecified atom stereocenters. The topological polar surface area (TPSA) is 121 Å². The summed E-state index contributed by atoms with van der Waals surface area (Å²) in [6, 6.07) is 6.28. The maximum absolute atomic E-state index is 13.6. The fourth-order valence-electron chi connectivity index (χ4n) is 4.43. The molecule has 194 valence electrons. The smallest absolute Gasteiger partial charge is 0.246 e. The lowest BCUT2D eigenvalue weighted by Gasteiger charge is -2.37. The molecule has 2 saturated heterocycles. The average molecular weight is 515 g/mol. The number of aryl methyl sites for hydroxylation is 1. The van der Waals surface area contributed by atoms with E-state index in [2.05, 4.69) is 15.6 Å². The van der Waals surface area contributed by atoms with Crippen LogP contribution in [0.3, 0.4) is 0 Å². The lowest BCUT2D eigenvalue weighted by molar-refractivity contribution is -0.148. The van der Waals surface area contributed by atoms with Crippen molar-refractivity contribution in [2.45, 2.75) is 58.8 Å². The van der Waals surface area contributed by atoms with Crippen molar-refractivity contribution in [2.75, 3.05) is 19.8 Å². The van der Waals surface area contributed by atoms with Crippen LogP contribution in [0.25, 0.3) is 10.4 Å². The number of hydrogen-bond acceptors (Lipinski definition) is 7. The van der Waals surface area contributed by atoms with Gasteiger partial charge in [0.2, 0.25) is 17.7 Å². The minimum Gasteiger partial charge on any atom is -0.391 e. The normalized spacial score (nSPS) is 21.1. The van der Waals surface area contributed by atoms with Gasteiger partial charge in [-0.1, -0.05) is 45.0 Å². The highest BCUT2D eigenvalue weighted by atomic mass is 32.1. The number of nitrogens with zero attached hydrogens (tertiary/aromatic N) is 2. The van der Waals surface area contributed by atoms with E-state index in [1.165, 1.54) is 4.90 Å². The molecule has 0 radical (unpaired) electrons. The number of ether oxygens (including phenoxy) is 1. The first kappa shape index (κ1) is 26.2. The fourth-order valence-corrected chi connectivity index (χ4v) is 5.24. The van der Waals surface area contributed by atoms with Crippen LogP contribution in [0.4, 0.5) is 0 Å². The number of nitrogens with one attached hydrogen (secondary N) is 2. The van der Waals surface area contributed by atoms with Crippen molar-refractivity contribution in [3.63, 3.8) is 0 Å². The Morgan fingerprint density at radius 1 is 1.19 bits per heavy atom. The zero-order valence-electron chi connectivity index (χ0n) is 21.1. The number of carbonyl (C=O) groups is 3. The molecule has 10 heteroatoms. The monoisotopic (exact) mass is 514 g/mol. The molecule has 0 bridgehead atoms. The molecule has 3 N–H and O–H groups in total. The molecule has 3 amide bonds. The van der Waals surface area contributed by atoms with Crippen molar-refractivity contribution >= 4 is 29.1 Å². The van der Waals surface area contributed by atoms with Gasteiger partial charge in [0.1, 0.15) is 12.1 Å². The molecule has 2 aliphatic heterocycles. The van der Waals surface area contributed by atoms with Crippen LogP contribution in [0.1, 0.15) is 38.4 Å². The Kier molecular flexibility index (Phi) is 7.77. The average Bonchev–Trinajstić information content (AvgIpc) is 3.39. The van der Waals surface area contributed by atoms with Crippen LogP contribution in [0, 0.1) is 18.3 Å². The first-order valence-electron chi connectivity index (χ1n) is 12.2. The van der Waals surface area contributed by atoms with Gasteiger partial charge in [0.05, 0.1) is 41.3 Å². The third kappa shape index (κ3) is 5.77. The van der Waals surface area contributed by atoms with Crippen molar-refractivity contribution in [3.8, 4) is 10.4 Å². The summed E-state index contributed by atoms with van der Waals surface area (Å²) < 4.78 is 5.10. The number of aromatic nitrogens is 1. The Morgan fingerprint density at radius 2 is 1.89 bits per heavy atom.